The summed E-state index contributed by atoms with van der Waals surface area (Å²) in [6.45, 7) is 12.3. The van der Waals surface area contributed by atoms with E-state index < -0.39 is 0 Å². The molecule has 3 aliphatic rings. The van der Waals surface area contributed by atoms with E-state index in [0.29, 0.717) is 5.92 Å². The van der Waals surface area contributed by atoms with Crippen LogP contribution in [0.5, 0.6) is 0 Å². The number of anilines is 3. The molecule has 2 amide bonds. The Balaban J connectivity index is 1.39. The van der Waals surface area contributed by atoms with E-state index in [1.807, 2.05) is 16.1 Å². The Morgan fingerprint density at radius 1 is 0.977 bits per heavy atom. The summed E-state index contributed by atoms with van der Waals surface area (Å²) in [5.74, 6) is 1.34. The SMILES string of the molecule is Cc1cccc2c1N(c1ccc(NCCc3ncc[nH]3)cc1)C(=O)N(C1CC(C)(C)CC(C)(C)C1)N=C2C1CCCCC1. The number of rotatable bonds is 7. The number of hydrogen-bond donors (Lipinski definition) is 2. The van der Waals surface area contributed by atoms with Gasteiger partial charge in [0.25, 0.3) is 0 Å². The fraction of sp³-hybridized carbons (Fsp3) is 0.528. The molecule has 1 aliphatic heterocycles. The van der Waals surface area contributed by atoms with E-state index in [1.54, 1.807) is 6.20 Å². The first-order valence-electron chi connectivity index (χ1n) is 16.2. The van der Waals surface area contributed by atoms with E-state index in [2.05, 4.69) is 92.4 Å². The van der Waals surface area contributed by atoms with Crippen molar-refractivity contribution in [2.45, 2.75) is 98.4 Å². The van der Waals surface area contributed by atoms with Crippen molar-refractivity contribution >= 4 is 28.8 Å². The highest BCUT2D eigenvalue weighted by molar-refractivity contribution is 6.14. The third-order valence-corrected chi connectivity index (χ3v) is 9.58. The summed E-state index contributed by atoms with van der Waals surface area (Å²) < 4.78 is 0. The molecule has 2 N–H and O–H groups in total. The van der Waals surface area contributed by atoms with E-state index in [1.165, 1.54) is 19.3 Å². The van der Waals surface area contributed by atoms with Crippen LogP contribution in [0.3, 0.4) is 0 Å². The first-order chi connectivity index (χ1) is 20.6. The Morgan fingerprint density at radius 3 is 2.37 bits per heavy atom. The minimum absolute atomic E-state index is 0.0432. The molecule has 0 unspecified atom stereocenters. The second-order valence-electron chi connectivity index (χ2n) is 14.6. The monoisotopic (exact) mass is 580 g/mol. The van der Waals surface area contributed by atoms with Crippen LogP contribution in [0.25, 0.3) is 0 Å². The second kappa shape index (κ2) is 11.8. The van der Waals surface area contributed by atoms with Gasteiger partial charge in [-0.1, -0.05) is 65.2 Å². The van der Waals surface area contributed by atoms with Gasteiger partial charge < -0.3 is 10.3 Å². The van der Waals surface area contributed by atoms with Gasteiger partial charge in [0.2, 0.25) is 0 Å². The van der Waals surface area contributed by atoms with Crippen LogP contribution in [0.15, 0.2) is 60.0 Å². The Kier molecular flexibility index (Phi) is 8.10. The molecular formula is C36H48N6O. The number of hydrazone groups is 1. The van der Waals surface area contributed by atoms with E-state index >= 15 is 0 Å². The minimum Gasteiger partial charge on any atom is -0.385 e. The number of carbonyl (C=O) groups excluding carboxylic acids is 1. The van der Waals surface area contributed by atoms with Crippen molar-refractivity contribution in [2.75, 3.05) is 16.8 Å². The van der Waals surface area contributed by atoms with Gasteiger partial charge >= 0.3 is 6.03 Å². The summed E-state index contributed by atoms with van der Waals surface area (Å²) in [5, 5.41) is 10.8. The first-order valence-corrected chi connectivity index (χ1v) is 16.2. The molecule has 0 radical (unpaired) electrons. The number of fused-ring (bicyclic) bond motifs is 1. The molecule has 228 valence electrons. The highest BCUT2D eigenvalue weighted by Crippen LogP contribution is 2.49. The number of aromatic amines is 1. The fourth-order valence-corrected chi connectivity index (χ4v) is 8.18. The number of urea groups is 1. The third kappa shape index (κ3) is 6.36. The lowest BCUT2D eigenvalue weighted by Crippen LogP contribution is -2.49. The molecule has 43 heavy (non-hydrogen) atoms. The molecule has 0 atom stereocenters. The summed E-state index contributed by atoms with van der Waals surface area (Å²) in [6.07, 6.45) is 13.5. The van der Waals surface area contributed by atoms with E-state index in [-0.39, 0.29) is 22.9 Å². The molecular weight excluding hydrogens is 532 g/mol. The molecule has 2 heterocycles. The number of nitrogens with zero attached hydrogens (tertiary/aromatic N) is 4. The fourth-order valence-electron chi connectivity index (χ4n) is 8.18. The lowest BCUT2D eigenvalue weighted by Gasteiger charge is -2.47. The zero-order chi connectivity index (χ0) is 30.2. The van der Waals surface area contributed by atoms with Gasteiger partial charge in [0.1, 0.15) is 5.82 Å². The van der Waals surface area contributed by atoms with Crippen molar-refractivity contribution in [3.05, 3.63) is 71.8 Å². The molecule has 7 nitrogen and oxygen atoms in total. The lowest BCUT2D eigenvalue weighted by atomic mass is 9.63. The van der Waals surface area contributed by atoms with Crippen molar-refractivity contribution in [2.24, 2.45) is 21.8 Å². The predicted molar refractivity (Wildman–Crippen MR) is 176 cm³/mol. The van der Waals surface area contributed by atoms with Crippen molar-refractivity contribution in [1.29, 1.82) is 0 Å². The first kappa shape index (κ1) is 29.5. The van der Waals surface area contributed by atoms with Crippen LogP contribution in [0, 0.1) is 23.7 Å². The van der Waals surface area contributed by atoms with Crippen molar-refractivity contribution in [3.63, 3.8) is 0 Å². The normalized spacial score (nSPS) is 20.9. The number of hydrogen-bond acceptors (Lipinski definition) is 4. The largest absolute Gasteiger partial charge is 0.385 e. The Morgan fingerprint density at radius 2 is 1.70 bits per heavy atom. The zero-order valence-corrected chi connectivity index (χ0v) is 26.6. The van der Waals surface area contributed by atoms with Gasteiger partial charge in [-0.05, 0) is 79.7 Å². The van der Waals surface area contributed by atoms with Crippen LogP contribution in [0.4, 0.5) is 21.9 Å². The van der Waals surface area contributed by atoms with Crippen LogP contribution in [0.2, 0.25) is 0 Å². The Hall–Kier alpha value is -3.61. The predicted octanol–water partition coefficient (Wildman–Crippen LogP) is 8.84. The van der Waals surface area contributed by atoms with Gasteiger partial charge in [0.15, 0.2) is 0 Å². The number of H-pyrrole nitrogens is 1. The summed E-state index contributed by atoms with van der Waals surface area (Å²) in [5.41, 5.74) is 6.45. The molecule has 2 saturated carbocycles. The highest BCUT2D eigenvalue weighted by Gasteiger charge is 2.45. The van der Waals surface area contributed by atoms with Gasteiger partial charge in [0, 0.05) is 42.5 Å². The molecule has 0 spiro atoms. The molecule has 0 bridgehead atoms. The van der Waals surface area contributed by atoms with Crippen LogP contribution >= 0.6 is 0 Å². The maximum atomic E-state index is 14.9. The smallest absolute Gasteiger partial charge is 0.349 e. The molecule has 2 aliphatic carbocycles. The number of para-hydroxylation sites is 1. The van der Waals surface area contributed by atoms with Gasteiger partial charge in [-0.3, -0.25) is 4.90 Å². The van der Waals surface area contributed by atoms with Gasteiger partial charge in [-0.25, -0.2) is 14.8 Å². The Bertz CT molecular complexity index is 1430. The van der Waals surface area contributed by atoms with Crippen LogP contribution in [-0.4, -0.2) is 39.3 Å². The van der Waals surface area contributed by atoms with E-state index in [9.17, 15) is 4.79 Å². The summed E-state index contributed by atoms with van der Waals surface area (Å²) >= 11 is 0. The lowest BCUT2D eigenvalue weighted by molar-refractivity contribution is 0.0423. The van der Waals surface area contributed by atoms with Gasteiger partial charge in [-0.15, -0.1) is 0 Å². The van der Waals surface area contributed by atoms with Gasteiger partial charge in [-0.2, -0.15) is 5.10 Å². The number of nitrogens with one attached hydrogen (secondary N) is 2. The number of carbonyl (C=O) groups is 1. The highest BCUT2D eigenvalue weighted by atomic mass is 16.2. The number of amides is 2. The molecule has 0 saturated heterocycles. The molecule has 2 fully saturated rings. The average Bonchev–Trinajstić information content (AvgIpc) is 3.43. The minimum atomic E-state index is -0.0432. The van der Waals surface area contributed by atoms with Crippen molar-refractivity contribution < 1.29 is 4.79 Å². The average molecular weight is 581 g/mol. The second-order valence-corrected chi connectivity index (χ2v) is 14.6. The molecule has 7 heteroatoms. The summed E-state index contributed by atoms with van der Waals surface area (Å²) in [6, 6.07) is 14.8. The number of benzene rings is 2. The van der Waals surface area contributed by atoms with Crippen LogP contribution < -0.4 is 10.2 Å². The van der Waals surface area contributed by atoms with E-state index in [0.717, 1.165) is 84.8 Å². The molecule has 3 aromatic rings. The van der Waals surface area contributed by atoms with Crippen LogP contribution in [0.1, 0.15) is 96.0 Å². The number of aryl methyl sites for hydroxylation is 1. The zero-order valence-electron chi connectivity index (χ0n) is 26.6. The Labute approximate surface area is 257 Å². The molecule has 2 aromatic carbocycles. The molecule has 6 rings (SSSR count). The van der Waals surface area contributed by atoms with E-state index in [4.69, 9.17) is 5.10 Å². The van der Waals surface area contributed by atoms with Crippen molar-refractivity contribution in [1.82, 2.24) is 15.0 Å². The maximum absolute atomic E-state index is 14.9. The topological polar surface area (TPSA) is 76.6 Å². The number of imidazole rings is 1. The van der Waals surface area contributed by atoms with Gasteiger partial charge in [0.05, 0.1) is 23.1 Å². The van der Waals surface area contributed by atoms with Crippen LogP contribution in [-0.2, 0) is 6.42 Å². The number of aromatic nitrogens is 2. The standard InChI is InChI=1S/C36H48N6O/c1-25-10-9-13-30-32(26-11-7-6-8-12-26)40-42(29-22-35(2,3)24-36(4,5)23-29)34(43)41(33(25)30)28-16-14-27(15-17-28)37-19-18-31-38-20-21-39-31/h9-10,13-17,20-21,26,29,37H,6-8,11-12,18-19,22-24H2,1-5H3,(H,38,39). The third-order valence-electron chi connectivity index (χ3n) is 9.58. The summed E-state index contributed by atoms with van der Waals surface area (Å²) in [7, 11) is 0. The molecule has 1 aromatic heterocycles. The quantitative estimate of drug-likeness (QED) is 0.293. The van der Waals surface area contributed by atoms with Crippen molar-refractivity contribution in [3.8, 4) is 0 Å². The summed E-state index contributed by atoms with van der Waals surface area (Å²) in [4.78, 5) is 24.3. The maximum Gasteiger partial charge on any atom is 0.349 e.